The lowest BCUT2D eigenvalue weighted by molar-refractivity contribution is -0.143. The van der Waals surface area contributed by atoms with Crippen molar-refractivity contribution in [3.8, 4) is 11.1 Å². The highest BCUT2D eigenvalue weighted by molar-refractivity contribution is 5.98. The Morgan fingerprint density at radius 2 is 1.56 bits per heavy atom. The quantitative estimate of drug-likeness (QED) is 0.554. The molecule has 27 heavy (non-hydrogen) atoms. The second kappa shape index (κ2) is 10.1. The molecule has 0 heterocycles. The van der Waals surface area contributed by atoms with Crippen LogP contribution in [0.3, 0.4) is 0 Å². The van der Waals surface area contributed by atoms with Crippen LogP contribution in [0.25, 0.3) is 21.9 Å². The van der Waals surface area contributed by atoms with Crippen LogP contribution in [0.2, 0.25) is 0 Å². The Labute approximate surface area is 158 Å². The average molecular weight is 365 g/mol. The normalized spacial score (nSPS) is 11.2. The molecule has 5 nitrogen and oxygen atoms in total. The highest BCUT2D eigenvalue weighted by Crippen LogP contribution is 2.34. The maximum Gasteiger partial charge on any atom is 0.315 e. The predicted molar refractivity (Wildman–Crippen MR) is 106 cm³/mol. The van der Waals surface area contributed by atoms with Gasteiger partial charge in [0.15, 0.2) is 0 Å². The minimum atomic E-state index is -0.449. The van der Waals surface area contributed by atoms with Gasteiger partial charge in [-0.05, 0) is 27.5 Å². The van der Waals surface area contributed by atoms with Crippen LogP contribution in [0.4, 0.5) is 0 Å². The molecule has 0 saturated heterocycles. The summed E-state index contributed by atoms with van der Waals surface area (Å²) in [6.07, 6.45) is 0.250. The largest absolute Gasteiger partial charge is 0.468 e. The van der Waals surface area contributed by atoms with Crippen molar-refractivity contribution in [3.63, 3.8) is 0 Å². The fraction of sp³-hybridized carbons (Fsp3) is 0.182. The molecule has 3 rings (SSSR count). The predicted octanol–water partition coefficient (Wildman–Crippen LogP) is 3.51. The smallest absolute Gasteiger partial charge is 0.315 e. The molecule has 2 N–H and O–H groups in total. The topological polar surface area (TPSA) is 78.6 Å². The Kier molecular flexibility index (Phi) is 7.52. The van der Waals surface area contributed by atoms with E-state index in [1.54, 1.807) is 7.11 Å². The molecule has 3 aromatic carbocycles. The van der Waals surface area contributed by atoms with E-state index in [0.717, 1.165) is 22.1 Å². The van der Waals surface area contributed by atoms with E-state index in [4.69, 9.17) is 14.3 Å². The van der Waals surface area contributed by atoms with E-state index in [2.05, 4.69) is 30.0 Å². The lowest BCUT2D eigenvalue weighted by Gasteiger charge is -2.19. The highest BCUT2D eigenvalue weighted by atomic mass is 16.5. The van der Waals surface area contributed by atoms with Gasteiger partial charge in [-0.25, -0.2) is 0 Å². The van der Waals surface area contributed by atoms with E-state index in [0.29, 0.717) is 0 Å². The molecule has 0 spiro atoms. The maximum absolute atomic E-state index is 12.2. The van der Waals surface area contributed by atoms with Crippen LogP contribution >= 0.6 is 0 Å². The van der Waals surface area contributed by atoms with Gasteiger partial charge in [-0.2, -0.15) is 0 Å². The molecule has 1 amide bonds. The molecular formula is C22H23NO4. The zero-order chi connectivity index (χ0) is 19.6. The van der Waals surface area contributed by atoms with Crippen LogP contribution in [-0.4, -0.2) is 33.2 Å². The van der Waals surface area contributed by atoms with E-state index in [1.807, 2.05) is 42.5 Å². The van der Waals surface area contributed by atoms with Gasteiger partial charge in [0.2, 0.25) is 6.41 Å². The van der Waals surface area contributed by atoms with Crippen molar-refractivity contribution >= 4 is 23.2 Å². The lowest BCUT2D eigenvalue weighted by Crippen LogP contribution is -2.19. The van der Waals surface area contributed by atoms with Crippen LogP contribution in [0.1, 0.15) is 11.5 Å². The summed E-state index contributed by atoms with van der Waals surface area (Å²) in [5, 5.41) is 2.33. The van der Waals surface area contributed by atoms with E-state index >= 15 is 0 Å². The molecule has 0 unspecified atom stereocenters. The number of carbonyl (C=O) groups is 2. The molecule has 3 aromatic rings. The van der Waals surface area contributed by atoms with Crippen LogP contribution < -0.4 is 5.73 Å². The molecule has 0 saturated carbocycles. The number of hydrogen-bond acceptors (Lipinski definition) is 4. The van der Waals surface area contributed by atoms with Gasteiger partial charge in [0.05, 0.1) is 13.7 Å². The standard InChI is InChI=1S/C21H20O3.CH3NO/c1-23-14-20(21(22)24-2)19-12-6-5-11-18(19)17-13-7-9-15-8-3-4-10-16(15)17;2-1-3/h3-13,20H,14H2,1-2H3;1H,(H2,2,3)/t20-;/m1./s1. The Balaban J connectivity index is 0.000000817. The van der Waals surface area contributed by atoms with Gasteiger partial charge in [-0.15, -0.1) is 0 Å². The summed E-state index contributed by atoms with van der Waals surface area (Å²) in [5.74, 6) is -0.736. The second-order valence-corrected chi connectivity index (χ2v) is 5.78. The maximum atomic E-state index is 12.2. The van der Waals surface area contributed by atoms with Crippen molar-refractivity contribution in [2.24, 2.45) is 5.73 Å². The number of benzene rings is 3. The van der Waals surface area contributed by atoms with E-state index in [-0.39, 0.29) is 19.0 Å². The number of fused-ring (bicyclic) bond motifs is 1. The third-order valence-corrected chi connectivity index (χ3v) is 4.24. The Hall–Kier alpha value is -3.18. The molecule has 0 aliphatic rings. The molecule has 0 radical (unpaired) electrons. The van der Waals surface area contributed by atoms with E-state index < -0.39 is 5.92 Å². The molecule has 0 aromatic heterocycles. The molecule has 1 atom stereocenters. The summed E-state index contributed by atoms with van der Waals surface area (Å²) in [4.78, 5) is 20.8. The van der Waals surface area contributed by atoms with Crippen molar-refractivity contribution < 1.29 is 19.1 Å². The monoisotopic (exact) mass is 365 g/mol. The highest BCUT2D eigenvalue weighted by Gasteiger charge is 2.24. The van der Waals surface area contributed by atoms with Crippen LogP contribution in [0.15, 0.2) is 66.7 Å². The van der Waals surface area contributed by atoms with E-state index in [1.165, 1.54) is 12.5 Å². The van der Waals surface area contributed by atoms with Crippen molar-refractivity contribution in [1.82, 2.24) is 0 Å². The van der Waals surface area contributed by atoms with Crippen LogP contribution in [0.5, 0.6) is 0 Å². The number of primary amides is 1. The van der Waals surface area contributed by atoms with Gasteiger partial charge in [0.1, 0.15) is 5.92 Å². The summed E-state index contributed by atoms with van der Waals surface area (Å²) in [6, 6.07) is 22.4. The minimum absolute atomic E-state index is 0.250. The Morgan fingerprint density at radius 3 is 2.26 bits per heavy atom. The SMILES string of the molecule is COC[C@@H](C(=O)OC)c1ccccc1-c1cccc2ccccc12.NC=O. The first kappa shape index (κ1) is 20.1. The third kappa shape index (κ3) is 4.71. The minimum Gasteiger partial charge on any atom is -0.468 e. The van der Waals surface area contributed by atoms with Crippen LogP contribution in [0, 0.1) is 0 Å². The molecule has 0 aliphatic heterocycles. The summed E-state index contributed by atoms with van der Waals surface area (Å²) in [7, 11) is 3.00. The first-order valence-electron chi connectivity index (χ1n) is 8.47. The molecule has 0 fully saturated rings. The van der Waals surface area contributed by atoms with Gasteiger partial charge >= 0.3 is 5.97 Å². The summed E-state index contributed by atoms with van der Waals surface area (Å²) in [6.45, 7) is 0.286. The Morgan fingerprint density at radius 1 is 0.963 bits per heavy atom. The third-order valence-electron chi connectivity index (χ3n) is 4.24. The summed E-state index contributed by atoms with van der Waals surface area (Å²) >= 11 is 0. The molecule has 140 valence electrons. The number of nitrogens with two attached hydrogens (primary N) is 1. The van der Waals surface area contributed by atoms with Crippen molar-refractivity contribution in [1.29, 1.82) is 0 Å². The van der Waals surface area contributed by atoms with Gasteiger partial charge < -0.3 is 15.2 Å². The number of rotatable bonds is 5. The van der Waals surface area contributed by atoms with Crippen molar-refractivity contribution in [3.05, 3.63) is 72.3 Å². The Bertz CT molecular complexity index is 902. The molecule has 0 aliphatic carbocycles. The fourth-order valence-electron chi connectivity index (χ4n) is 3.10. The summed E-state index contributed by atoms with van der Waals surface area (Å²) in [5.41, 5.74) is 7.22. The van der Waals surface area contributed by atoms with Gasteiger partial charge in [-0.3, -0.25) is 9.59 Å². The zero-order valence-corrected chi connectivity index (χ0v) is 15.4. The van der Waals surface area contributed by atoms with Gasteiger partial charge in [0, 0.05) is 7.11 Å². The van der Waals surface area contributed by atoms with Gasteiger partial charge in [0.25, 0.3) is 0 Å². The van der Waals surface area contributed by atoms with Gasteiger partial charge in [-0.1, -0.05) is 66.7 Å². The summed E-state index contributed by atoms with van der Waals surface area (Å²) < 4.78 is 10.2. The number of carbonyl (C=O) groups excluding carboxylic acids is 2. The first-order valence-corrected chi connectivity index (χ1v) is 8.47. The average Bonchev–Trinajstić information content (AvgIpc) is 2.72. The van der Waals surface area contributed by atoms with Crippen molar-refractivity contribution in [2.45, 2.75) is 5.92 Å². The first-order chi connectivity index (χ1) is 13.2. The number of hydrogen-bond donors (Lipinski definition) is 1. The number of ether oxygens (including phenoxy) is 2. The fourth-order valence-corrected chi connectivity index (χ4v) is 3.10. The molecule has 0 bridgehead atoms. The second-order valence-electron chi connectivity index (χ2n) is 5.78. The molecular weight excluding hydrogens is 342 g/mol. The van der Waals surface area contributed by atoms with Crippen LogP contribution in [-0.2, 0) is 19.1 Å². The lowest BCUT2D eigenvalue weighted by atomic mass is 9.88. The number of methoxy groups -OCH3 is 2. The van der Waals surface area contributed by atoms with Crippen molar-refractivity contribution in [2.75, 3.05) is 20.8 Å². The van der Waals surface area contributed by atoms with E-state index in [9.17, 15) is 4.79 Å². The number of esters is 1. The molecule has 5 heteroatoms. The number of amides is 1. The zero-order valence-electron chi connectivity index (χ0n) is 15.4.